The first-order valence-electron chi connectivity index (χ1n) is 9.66. The van der Waals surface area contributed by atoms with Crippen LogP contribution in [0.15, 0.2) is 72.9 Å². The van der Waals surface area contributed by atoms with Gasteiger partial charge in [-0.2, -0.15) is 5.10 Å². The molecule has 31 heavy (non-hydrogen) atoms. The molecule has 0 saturated heterocycles. The van der Waals surface area contributed by atoms with Crippen molar-refractivity contribution in [3.05, 3.63) is 84.4 Å². The number of carbonyl (C=O) groups is 1. The molecular weight excluding hydrogens is 399 g/mol. The lowest BCUT2D eigenvalue weighted by Gasteiger charge is -2.18. The fourth-order valence-corrected chi connectivity index (χ4v) is 3.26. The molecule has 5 rings (SSSR count). The standard InChI is InChI=1S/C23H17FN4O3/c24-16-4-1-2-6-19(16)28-11-10-18(27-28)23(29)26-22-7-3-5-17(25-22)15-8-9-20-21(14-15)31-13-12-30-20/h1-11,14H,12-13H2,(H,25,26,29). The van der Waals surface area contributed by atoms with Crippen LogP contribution in [0.2, 0.25) is 0 Å². The Hall–Kier alpha value is -4.20. The fraction of sp³-hybridized carbons (Fsp3) is 0.0870. The molecule has 0 fully saturated rings. The monoisotopic (exact) mass is 416 g/mol. The van der Waals surface area contributed by atoms with Gasteiger partial charge in [-0.1, -0.05) is 18.2 Å². The summed E-state index contributed by atoms with van der Waals surface area (Å²) < 4.78 is 26.4. The van der Waals surface area contributed by atoms with Crippen molar-refractivity contribution < 1.29 is 18.7 Å². The minimum Gasteiger partial charge on any atom is -0.486 e. The number of benzene rings is 2. The van der Waals surface area contributed by atoms with Gasteiger partial charge in [0, 0.05) is 11.8 Å². The summed E-state index contributed by atoms with van der Waals surface area (Å²) in [5.41, 5.74) is 1.92. The minimum absolute atomic E-state index is 0.148. The predicted octanol–water partition coefficient (Wildman–Crippen LogP) is 4.10. The molecule has 0 aliphatic carbocycles. The van der Waals surface area contributed by atoms with Gasteiger partial charge >= 0.3 is 0 Å². The third-order valence-corrected chi connectivity index (χ3v) is 4.75. The first-order valence-corrected chi connectivity index (χ1v) is 9.66. The van der Waals surface area contributed by atoms with Gasteiger partial charge in [0.1, 0.15) is 30.5 Å². The van der Waals surface area contributed by atoms with Gasteiger partial charge in [0.15, 0.2) is 17.2 Å². The third kappa shape index (κ3) is 3.83. The van der Waals surface area contributed by atoms with Crippen molar-refractivity contribution >= 4 is 11.7 Å². The van der Waals surface area contributed by atoms with Crippen LogP contribution in [0.3, 0.4) is 0 Å². The molecule has 0 radical (unpaired) electrons. The second-order valence-electron chi connectivity index (χ2n) is 6.82. The fourth-order valence-electron chi connectivity index (χ4n) is 3.26. The number of hydrogen-bond acceptors (Lipinski definition) is 5. The van der Waals surface area contributed by atoms with Gasteiger partial charge in [-0.15, -0.1) is 0 Å². The Morgan fingerprint density at radius 1 is 0.968 bits per heavy atom. The van der Waals surface area contributed by atoms with Crippen LogP contribution in [0.4, 0.5) is 10.2 Å². The summed E-state index contributed by atoms with van der Waals surface area (Å²) >= 11 is 0. The zero-order valence-electron chi connectivity index (χ0n) is 16.3. The van der Waals surface area contributed by atoms with Crippen LogP contribution in [0, 0.1) is 5.82 Å². The highest BCUT2D eigenvalue weighted by Gasteiger charge is 2.15. The number of amides is 1. The smallest absolute Gasteiger partial charge is 0.277 e. The number of nitrogens with one attached hydrogen (secondary N) is 1. The summed E-state index contributed by atoms with van der Waals surface area (Å²) in [7, 11) is 0. The molecule has 1 aliphatic rings. The molecule has 2 aromatic heterocycles. The van der Waals surface area contributed by atoms with Crippen LogP contribution in [0.25, 0.3) is 16.9 Å². The van der Waals surface area contributed by atoms with E-state index < -0.39 is 11.7 Å². The van der Waals surface area contributed by atoms with Gasteiger partial charge in [-0.25, -0.2) is 14.1 Å². The average Bonchev–Trinajstić information content (AvgIpc) is 3.29. The molecule has 4 aromatic rings. The molecule has 0 atom stereocenters. The van der Waals surface area contributed by atoms with Crippen LogP contribution >= 0.6 is 0 Å². The lowest BCUT2D eigenvalue weighted by Crippen LogP contribution is -2.15. The van der Waals surface area contributed by atoms with E-state index in [0.717, 1.165) is 5.56 Å². The number of halogens is 1. The van der Waals surface area contributed by atoms with Gasteiger partial charge in [-0.05, 0) is 48.5 Å². The maximum atomic E-state index is 14.0. The Morgan fingerprint density at radius 3 is 2.68 bits per heavy atom. The Bertz CT molecular complexity index is 1270. The van der Waals surface area contributed by atoms with Crippen LogP contribution in [0.1, 0.15) is 10.5 Å². The van der Waals surface area contributed by atoms with Crippen LogP contribution in [-0.2, 0) is 0 Å². The normalized spacial score (nSPS) is 12.4. The minimum atomic E-state index is -0.443. The van der Waals surface area contributed by atoms with E-state index in [1.165, 1.54) is 23.0 Å². The number of aromatic nitrogens is 3. The van der Waals surface area contributed by atoms with E-state index >= 15 is 0 Å². The van der Waals surface area contributed by atoms with E-state index in [-0.39, 0.29) is 11.4 Å². The van der Waals surface area contributed by atoms with E-state index in [2.05, 4.69) is 15.4 Å². The Balaban J connectivity index is 1.35. The van der Waals surface area contributed by atoms with E-state index in [1.54, 1.807) is 30.3 Å². The second kappa shape index (κ2) is 7.91. The highest BCUT2D eigenvalue weighted by Crippen LogP contribution is 2.34. The van der Waals surface area contributed by atoms with Gasteiger partial charge in [0.25, 0.3) is 5.91 Å². The summed E-state index contributed by atoms with van der Waals surface area (Å²) in [4.78, 5) is 17.1. The van der Waals surface area contributed by atoms with Crippen molar-refractivity contribution in [3.8, 4) is 28.4 Å². The number of ether oxygens (including phenoxy) is 2. The molecule has 1 aliphatic heterocycles. The number of anilines is 1. The van der Waals surface area contributed by atoms with Crippen molar-refractivity contribution in [1.29, 1.82) is 0 Å². The van der Waals surface area contributed by atoms with E-state index in [0.29, 0.717) is 36.2 Å². The number of hydrogen-bond donors (Lipinski definition) is 1. The van der Waals surface area contributed by atoms with Gasteiger partial charge in [0.05, 0.1) is 5.69 Å². The Morgan fingerprint density at radius 2 is 1.81 bits per heavy atom. The summed E-state index contributed by atoms with van der Waals surface area (Å²) in [6.07, 6.45) is 1.53. The SMILES string of the molecule is O=C(Nc1cccc(-c2ccc3c(c2)OCCO3)n1)c1ccn(-c2ccccc2F)n1. The largest absolute Gasteiger partial charge is 0.486 e. The van der Waals surface area contributed by atoms with Crippen molar-refractivity contribution in [2.24, 2.45) is 0 Å². The second-order valence-corrected chi connectivity index (χ2v) is 6.82. The number of fused-ring (bicyclic) bond motifs is 1. The summed E-state index contributed by atoms with van der Waals surface area (Å²) in [6.45, 7) is 1.03. The number of para-hydroxylation sites is 1. The first kappa shape index (κ1) is 18.8. The molecule has 2 aromatic carbocycles. The molecule has 1 N–H and O–H groups in total. The van der Waals surface area contributed by atoms with E-state index in [4.69, 9.17) is 9.47 Å². The average molecular weight is 416 g/mol. The molecule has 0 saturated carbocycles. The molecule has 3 heterocycles. The van der Waals surface area contributed by atoms with Crippen molar-refractivity contribution in [2.45, 2.75) is 0 Å². The summed E-state index contributed by atoms with van der Waals surface area (Å²) in [6, 6.07) is 18.7. The third-order valence-electron chi connectivity index (χ3n) is 4.75. The first-order chi connectivity index (χ1) is 15.2. The summed E-state index contributed by atoms with van der Waals surface area (Å²) in [5, 5.41) is 6.91. The van der Waals surface area contributed by atoms with Gasteiger partial charge in [-0.3, -0.25) is 4.79 Å². The number of pyridine rings is 1. The number of carbonyl (C=O) groups excluding carboxylic acids is 1. The van der Waals surface area contributed by atoms with Crippen LogP contribution in [-0.4, -0.2) is 33.9 Å². The molecular formula is C23H17FN4O3. The maximum Gasteiger partial charge on any atom is 0.277 e. The topological polar surface area (TPSA) is 78.3 Å². The quantitative estimate of drug-likeness (QED) is 0.542. The highest BCUT2D eigenvalue weighted by atomic mass is 19.1. The molecule has 7 nitrogen and oxygen atoms in total. The maximum absolute atomic E-state index is 14.0. The van der Waals surface area contributed by atoms with E-state index in [1.807, 2.05) is 24.3 Å². The van der Waals surface area contributed by atoms with E-state index in [9.17, 15) is 9.18 Å². The Kier molecular flexibility index (Phi) is 4.80. The van der Waals surface area contributed by atoms with Gasteiger partial charge in [0.2, 0.25) is 0 Å². The lowest BCUT2D eigenvalue weighted by atomic mass is 10.1. The van der Waals surface area contributed by atoms with Crippen LogP contribution in [0.5, 0.6) is 11.5 Å². The highest BCUT2D eigenvalue weighted by molar-refractivity contribution is 6.02. The molecule has 0 bridgehead atoms. The lowest BCUT2D eigenvalue weighted by molar-refractivity contribution is 0.102. The zero-order valence-corrected chi connectivity index (χ0v) is 16.3. The molecule has 0 unspecified atom stereocenters. The van der Waals surface area contributed by atoms with Crippen molar-refractivity contribution in [2.75, 3.05) is 18.5 Å². The summed E-state index contributed by atoms with van der Waals surface area (Å²) in [5.74, 6) is 0.870. The molecule has 0 spiro atoms. The zero-order chi connectivity index (χ0) is 21.2. The van der Waals surface area contributed by atoms with Gasteiger partial charge < -0.3 is 14.8 Å². The Labute approximate surface area is 177 Å². The molecule has 8 heteroatoms. The molecule has 154 valence electrons. The van der Waals surface area contributed by atoms with Crippen molar-refractivity contribution in [1.82, 2.24) is 14.8 Å². The van der Waals surface area contributed by atoms with Crippen LogP contribution < -0.4 is 14.8 Å². The number of nitrogens with zero attached hydrogens (tertiary/aromatic N) is 3. The molecule has 1 amide bonds. The number of rotatable bonds is 4. The predicted molar refractivity (Wildman–Crippen MR) is 112 cm³/mol. The van der Waals surface area contributed by atoms with Crippen molar-refractivity contribution in [3.63, 3.8) is 0 Å².